The van der Waals surface area contributed by atoms with Gasteiger partial charge in [0, 0.05) is 0 Å². The van der Waals surface area contributed by atoms with Crippen molar-refractivity contribution in [1.29, 1.82) is 0 Å². The fourth-order valence-corrected chi connectivity index (χ4v) is 1.24. The summed E-state index contributed by atoms with van der Waals surface area (Å²) in [5, 5.41) is 0. The summed E-state index contributed by atoms with van der Waals surface area (Å²) in [6.07, 6.45) is 7.87. The standard InChI is InChI=1S/C9H10O2/c1-2-4-8-9(5-3-1)11-7-6-10-8/h1-2,4-5,8-9H,6-7H2. The topological polar surface area (TPSA) is 18.5 Å². The number of fused-ring (bicyclic) bond motifs is 1. The minimum Gasteiger partial charge on any atom is -0.369 e. The van der Waals surface area contributed by atoms with Gasteiger partial charge in [0.05, 0.1) is 13.2 Å². The average molecular weight is 150 g/mol. The zero-order valence-corrected chi connectivity index (χ0v) is 6.19. The normalized spacial score (nSPS) is 34.9. The lowest BCUT2D eigenvalue weighted by atomic mass is 10.2. The summed E-state index contributed by atoms with van der Waals surface area (Å²) < 4.78 is 10.9. The second kappa shape index (κ2) is 3.05. The first-order valence-corrected chi connectivity index (χ1v) is 3.79. The van der Waals surface area contributed by atoms with Crippen LogP contribution in [0.1, 0.15) is 0 Å². The average Bonchev–Trinajstić information content (AvgIpc) is 2.28. The van der Waals surface area contributed by atoms with Crippen molar-refractivity contribution in [2.45, 2.75) is 12.2 Å². The maximum atomic E-state index is 5.46. The molecule has 1 saturated heterocycles. The summed E-state index contributed by atoms with van der Waals surface area (Å²) in [4.78, 5) is 0. The van der Waals surface area contributed by atoms with E-state index < -0.39 is 0 Å². The third-order valence-corrected chi connectivity index (χ3v) is 1.78. The summed E-state index contributed by atoms with van der Waals surface area (Å²) in [6.45, 7) is 1.38. The van der Waals surface area contributed by atoms with E-state index in [0.29, 0.717) is 13.2 Å². The van der Waals surface area contributed by atoms with Gasteiger partial charge >= 0.3 is 0 Å². The van der Waals surface area contributed by atoms with Crippen LogP contribution >= 0.6 is 0 Å². The van der Waals surface area contributed by atoms with E-state index in [4.69, 9.17) is 9.47 Å². The molecule has 0 amide bonds. The van der Waals surface area contributed by atoms with E-state index in [1.165, 1.54) is 0 Å². The van der Waals surface area contributed by atoms with Crippen molar-refractivity contribution < 1.29 is 9.47 Å². The van der Waals surface area contributed by atoms with Crippen LogP contribution in [0.15, 0.2) is 30.0 Å². The van der Waals surface area contributed by atoms with Crippen LogP contribution in [0.3, 0.4) is 0 Å². The largest absolute Gasteiger partial charge is 0.369 e. The summed E-state index contributed by atoms with van der Waals surface area (Å²) in [5.41, 5.74) is 3.00. The summed E-state index contributed by atoms with van der Waals surface area (Å²) in [7, 11) is 0. The highest BCUT2D eigenvalue weighted by Crippen LogP contribution is 2.13. The third kappa shape index (κ3) is 1.43. The van der Waals surface area contributed by atoms with E-state index >= 15 is 0 Å². The van der Waals surface area contributed by atoms with Crippen molar-refractivity contribution in [3.63, 3.8) is 0 Å². The molecule has 0 aromatic heterocycles. The van der Waals surface area contributed by atoms with E-state index in [0.717, 1.165) is 0 Å². The van der Waals surface area contributed by atoms with Gasteiger partial charge in [-0.1, -0.05) is 12.2 Å². The Balaban J connectivity index is 2.18. The van der Waals surface area contributed by atoms with Crippen molar-refractivity contribution >= 4 is 0 Å². The van der Waals surface area contributed by atoms with Gasteiger partial charge in [-0.15, -0.1) is 5.73 Å². The predicted molar refractivity (Wildman–Crippen MR) is 41.3 cm³/mol. The minimum atomic E-state index is 0.0683. The maximum absolute atomic E-state index is 5.46. The summed E-state index contributed by atoms with van der Waals surface area (Å²) in [6, 6.07) is 0. The van der Waals surface area contributed by atoms with Crippen molar-refractivity contribution in [1.82, 2.24) is 0 Å². The molecule has 0 radical (unpaired) electrons. The molecule has 0 aromatic carbocycles. The van der Waals surface area contributed by atoms with Gasteiger partial charge in [-0.05, 0) is 12.2 Å². The molecule has 0 spiro atoms. The molecule has 2 heteroatoms. The van der Waals surface area contributed by atoms with Crippen molar-refractivity contribution in [3.05, 3.63) is 30.0 Å². The van der Waals surface area contributed by atoms with E-state index in [-0.39, 0.29) is 12.2 Å². The van der Waals surface area contributed by atoms with E-state index in [9.17, 15) is 0 Å². The third-order valence-electron chi connectivity index (χ3n) is 1.78. The predicted octanol–water partition coefficient (Wildman–Crippen LogP) is 1.05. The molecule has 1 aliphatic carbocycles. The van der Waals surface area contributed by atoms with E-state index in [1.54, 1.807) is 0 Å². The minimum absolute atomic E-state index is 0.0683. The van der Waals surface area contributed by atoms with Gasteiger partial charge in [0.15, 0.2) is 0 Å². The van der Waals surface area contributed by atoms with Gasteiger partial charge < -0.3 is 9.47 Å². The van der Waals surface area contributed by atoms with E-state index in [2.05, 4.69) is 5.73 Å². The van der Waals surface area contributed by atoms with E-state index in [1.807, 2.05) is 24.3 Å². The quantitative estimate of drug-likeness (QED) is 0.480. The molecule has 0 N–H and O–H groups in total. The molecule has 2 unspecified atom stereocenters. The van der Waals surface area contributed by atoms with Crippen LogP contribution < -0.4 is 0 Å². The van der Waals surface area contributed by atoms with Gasteiger partial charge in [0.2, 0.25) is 0 Å². The molecule has 0 saturated carbocycles. The van der Waals surface area contributed by atoms with Crippen molar-refractivity contribution in [3.8, 4) is 0 Å². The molecule has 0 bridgehead atoms. The summed E-state index contributed by atoms with van der Waals surface area (Å²) >= 11 is 0. The maximum Gasteiger partial charge on any atom is 0.113 e. The molecule has 2 atom stereocenters. The molecule has 2 nitrogen and oxygen atoms in total. The molecule has 1 heterocycles. The van der Waals surface area contributed by atoms with Gasteiger partial charge in [-0.25, -0.2) is 0 Å². The molecular weight excluding hydrogens is 140 g/mol. The van der Waals surface area contributed by atoms with Crippen LogP contribution in [0, 0.1) is 0 Å². The monoisotopic (exact) mass is 150 g/mol. The molecule has 0 aromatic rings. The Morgan fingerprint density at radius 3 is 2.91 bits per heavy atom. The van der Waals surface area contributed by atoms with Gasteiger partial charge in [0.1, 0.15) is 12.2 Å². The van der Waals surface area contributed by atoms with Crippen LogP contribution in [0.4, 0.5) is 0 Å². The van der Waals surface area contributed by atoms with Gasteiger partial charge in [-0.2, -0.15) is 0 Å². The zero-order valence-electron chi connectivity index (χ0n) is 6.19. The first kappa shape index (κ1) is 6.86. The van der Waals surface area contributed by atoms with Gasteiger partial charge in [-0.3, -0.25) is 0 Å². The lowest BCUT2D eigenvalue weighted by Gasteiger charge is -2.26. The van der Waals surface area contributed by atoms with Crippen LogP contribution in [-0.2, 0) is 9.47 Å². The number of hydrogen-bond donors (Lipinski definition) is 0. The number of hydrogen-bond acceptors (Lipinski definition) is 2. The Bertz CT molecular complexity index is 224. The Morgan fingerprint density at radius 1 is 1.18 bits per heavy atom. The SMILES string of the molecule is C1=CC=CC2OCCOC2C=1. The smallest absolute Gasteiger partial charge is 0.113 e. The molecule has 1 fully saturated rings. The highest BCUT2D eigenvalue weighted by atomic mass is 16.6. The first-order valence-electron chi connectivity index (χ1n) is 3.79. The van der Waals surface area contributed by atoms with Crippen molar-refractivity contribution in [2.75, 3.05) is 13.2 Å². The molecular formula is C9H10O2. The first-order chi connectivity index (χ1) is 5.47. The fourth-order valence-electron chi connectivity index (χ4n) is 1.24. The summed E-state index contributed by atoms with van der Waals surface area (Å²) in [5.74, 6) is 0. The number of allylic oxidation sites excluding steroid dienone is 1. The molecule has 2 rings (SSSR count). The molecule has 2 aliphatic rings. The Morgan fingerprint density at radius 2 is 2.00 bits per heavy atom. The number of ether oxygens (including phenoxy) is 2. The van der Waals surface area contributed by atoms with Gasteiger partial charge in [0.25, 0.3) is 0 Å². The molecule has 11 heavy (non-hydrogen) atoms. The lowest BCUT2D eigenvalue weighted by Crippen LogP contribution is -2.35. The lowest BCUT2D eigenvalue weighted by molar-refractivity contribution is -0.101. The second-order valence-corrected chi connectivity index (χ2v) is 2.56. The van der Waals surface area contributed by atoms with Crippen LogP contribution in [0.2, 0.25) is 0 Å². The molecule has 1 aliphatic heterocycles. The highest BCUT2D eigenvalue weighted by Gasteiger charge is 2.22. The number of rotatable bonds is 0. The van der Waals surface area contributed by atoms with Crippen LogP contribution in [0.5, 0.6) is 0 Å². The fraction of sp³-hybridized carbons (Fsp3) is 0.444. The van der Waals surface area contributed by atoms with Crippen LogP contribution in [0.25, 0.3) is 0 Å². The molecule has 58 valence electrons. The zero-order chi connectivity index (χ0) is 7.52. The Labute approximate surface area is 65.8 Å². The highest BCUT2D eigenvalue weighted by molar-refractivity contribution is 5.14. The Hall–Kier alpha value is -0.820. The second-order valence-electron chi connectivity index (χ2n) is 2.56. The van der Waals surface area contributed by atoms with Crippen LogP contribution in [-0.4, -0.2) is 25.4 Å². The van der Waals surface area contributed by atoms with Crippen molar-refractivity contribution in [2.24, 2.45) is 0 Å². The Kier molecular flexibility index (Phi) is 1.91.